The molecule has 0 saturated heterocycles. The topological polar surface area (TPSA) is 50.7 Å². The fourth-order valence-electron chi connectivity index (χ4n) is 0.985. The van der Waals surface area contributed by atoms with E-state index in [0.29, 0.717) is 6.61 Å². The first-order valence-corrected chi connectivity index (χ1v) is 5.32. The van der Waals surface area contributed by atoms with Crippen molar-refractivity contribution < 1.29 is 14.6 Å². The van der Waals surface area contributed by atoms with Crippen LogP contribution in [0.2, 0.25) is 0 Å². The van der Waals surface area contributed by atoms with E-state index in [1.165, 1.54) is 0 Å². The molecule has 0 aromatic carbocycles. The van der Waals surface area contributed by atoms with Gasteiger partial charge in [-0.05, 0) is 32.9 Å². The van der Waals surface area contributed by atoms with Gasteiger partial charge in [-0.3, -0.25) is 0 Å². The van der Waals surface area contributed by atoms with Gasteiger partial charge < -0.3 is 19.9 Å². The number of aliphatic hydroxyl groups is 1. The van der Waals surface area contributed by atoms with E-state index >= 15 is 0 Å². The molecule has 0 aliphatic rings. The highest BCUT2D eigenvalue weighted by Gasteiger charge is 1.90. The monoisotopic (exact) mass is 205 g/mol. The summed E-state index contributed by atoms with van der Waals surface area (Å²) in [5.41, 5.74) is 0. The molecule has 0 aromatic rings. The fraction of sp³-hybridized carbons (Fsp3) is 1.00. The summed E-state index contributed by atoms with van der Waals surface area (Å²) < 4.78 is 10.6. The van der Waals surface area contributed by atoms with Crippen molar-refractivity contribution in [2.24, 2.45) is 0 Å². The van der Waals surface area contributed by atoms with Crippen LogP contribution in [0.25, 0.3) is 0 Å². The Morgan fingerprint density at radius 1 is 0.929 bits per heavy atom. The number of hydrogen-bond donors (Lipinski definition) is 2. The van der Waals surface area contributed by atoms with Gasteiger partial charge in [-0.25, -0.2) is 0 Å². The van der Waals surface area contributed by atoms with Gasteiger partial charge in [-0.1, -0.05) is 0 Å². The Hall–Kier alpha value is -0.160. The summed E-state index contributed by atoms with van der Waals surface area (Å²) in [6.45, 7) is 4.18. The van der Waals surface area contributed by atoms with Crippen molar-refractivity contribution >= 4 is 0 Å². The van der Waals surface area contributed by atoms with Crippen molar-refractivity contribution in [3.63, 3.8) is 0 Å². The minimum atomic E-state index is 0.209. The quantitative estimate of drug-likeness (QED) is 0.479. The lowest BCUT2D eigenvalue weighted by atomic mass is 10.4. The second kappa shape index (κ2) is 12.8. The molecule has 0 unspecified atom stereocenters. The minimum Gasteiger partial charge on any atom is -0.396 e. The molecular formula is C10H23NO3. The Labute approximate surface area is 86.6 Å². The maximum atomic E-state index is 8.48. The van der Waals surface area contributed by atoms with E-state index in [4.69, 9.17) is 14.6 Å². The second-order valence-electron chi connectivity index (χ2n) is 3.11. The average Bonchev–Trinajstić information content (AvgIpc) is 2.21. The van der Waals surface area contributed by atoms with Crippen molar-refractivity contribution in [1.29, 1.82) is 0 Å². The van der Waals surface area contributed by atoms with Crippen LogP contribution < -0.4 is 5.32 Å². The first-order chi connectivity index (χ1) is 6.91. The van der Waals surface area contributed by atoms with Crippen molar-refractivity contribution in [2.75, 3.05) is 46.6 Å². The molecule has 14 heavy (non-hydrogen) atoms. The van der Waals surface area contributed by atoms with Gasteiger partial charge in [0.25, 0.3) is 0 Å². The molecule has 0 radical (unpaired) electrons. The van der Waals surface area contributed by atoms with Crippen LogP contribution >= 0.6 is 0 Å². The smallest absolute Gasteiger partial charge is 0.0488 e. The van der Waals surface area contributed by atoms with Crippen LogP contribution in [0.3, 0.4) is 0 Å². The predicted molar refractivity (Wildman–Crippen MR) is 56.5 cm³/mol. The molecule has 0 spiro atoms. The summed E-state index contributed by atoms with van der Waals surface area (Å²) >= 11 is 0. The fourth-order valence-corrected chi connectivity index (χ4v) is 0.985. The molecule has 0 aromatic heterocycles. The molecule has 0 rings (SSSR count). The highest BCUT2D eigenvalue weighted by atomic mass is 16.5. The van der Waals surface area contributed by atoms with E-state index in [1.807, 2.05) is 7.05 Å². The zero-order valence-corrected chi connectivity index (χ0v) is 9.13. The highest BCUT2D eigenvalue weighted by Crippen LogP contribution is 1.88. The summed E-state index contributed by atoms with van der Waals surface area (Å²) in [4.78, 5) is 0. The zero-order valence-electron chi connectivity index (χ0n) is 9.13. The summed E-state index contributed by atoms with van der Waals surface area (Å²) in [6, 6.07) is 0. The van der Waals surface area contributed by atoms with Gasteiger partial charge in [0.1, 0.15) is 0 Å². The molecule has 86 valence electrons. The average molecular weight is 205 g/mol. The van der Waals surface area contributed by atoms with Crippen molar-refractivity contribution in [2.45, 2.75) is 19.3 Å². The number of nitrogens with one attached hydrogen (secondary N) is 1. The Kier molecular flexibility index (Phi) is 12.7. The predicted octanol–water partition coefficient (Wildman–Crippen LogP) is 0.402. The molecule has 0 amide bonds. The molecule has 0 aliphatic heterocycles. The van der Waals surface area contributed by atoms with E-state index in [0.717, 1.165) is 45.6 Å². The van der Waals surface area contributed by atoms with Crippen molar-refractivity contribution in [3.05, 3.63) is 0 Å². The number of hydrogen-bond acceptors (Lipinski definition) is 4. The van der Waals surface area contributed by atoms with Crippen LogP contribution in [0.1, 0.15) is 19.3 Å². The number of ether oxygens (including phenoxy) is 2. The van der Waals surface area contributed by atoms with Gasteiger partial charge in [0, 0.05) is 33.0 Å². The molecule has 0 bridgehead atoms. The van der Waals surface area contributed by atoms with Crippen LogP contribution in [0, 0.1) is 0 Å². The van der Waals surface area contributed by atoms with E-state index < -0.39 is 0 Å². The lowest BCUT2D eigenvalue weighted by molar-refractivity contribution is 0.0756. The van der Waals surface area contributed by atoms with Gasteiger partial charge in [0.15, 0.2) is 0 Å². The minimum absolute atomic E-state index is 0.209. The van der Waals surface area contributed by atoms with Crippen LogP contribution in [0.4, 0.5) is 0 Å². The first kappa shape index (κ1) is 13.8. The summed E-state index contributed by atoms with van der Waals surface area (Å²) in [7, 11) is 1.94. The Morgan fingerprint density at radius 3 is 2.07 bits per heavy atom. The Balaban J connectivity index is 2.78. The van der Waals surface area contributed by atoms with Gasteiger partial charge in [0.05, 0.1) is 0 Å². The lowest BCUT2D eigenvalue weighted by Gasteiger charge is -2.04. The molecular weight excluding hydrogens is 182 g/mol. The molecule has 0 saturated carbocycles. The van der Waals surface area contributed by atoms with Crippen LogP contribution in [0.5, 0.6) is 0 Å². The largest absolute Gasteiger partial charge is 0.396 e. The molecule has 0 heterocycles. The zero-order chi connectivity index (χ0) is 10.5. The number of rotatable bonds is 11. The first-order valence-electron chi connectivity index (χ1n) is 5.32. The molecule has 4 heteroatoms. The Morgan fingerprint density at radius 2 is 1.50 bits per heavy atom. The van der Waals surface area contributed by atoms with Crippen LogP contribution in [0.15, 0.2) is 0 Å². The third-order valence-electron chi connectivity index (χ3n) is 1.74. The molecule has 4 nitrogen and oxygen atoms in total. The SMILES string of the molecule is CNCCCOCCCOCCCO. The van der Waals surface area contributed by atoms with Gasteiger partial charge >= 0.3 is 0 Å². The standard InChI is InChI=1S/C10H23NO3/c1-11-5-2-7-13-9-4-10-14-8-3-6-12/h11-12H,2-10H2,1H3. The van der Waals surface area contributed by atoms with Gasteiger partial charge in [-0.15, -0.1) is 0 Å². The Bertz CT molecular complexity index is 89.4. The van der Waals surface area contributed by atoms with E-state index in [9.17, 15) is 0 Å². The summed E-state index contributed by atoms with van der Waals surface area (Å²) in [5, 5.41) is 11.5. The summed E-state index contributed by atoms with van der Waals surface area (Å²) in [5.74, 6) is 0. The van der Waals surface area contributed by atoms with Gasteiger partial charge in [0.2, 0.25) is 0 Å². The van der Waals surface area contributed by atoms with Crippen LogP contribution in [-0.2, 0) is 9.47 Å². The third kappa shape index (κ3) is 11.8. The van der Waals surface area contributed by atoms with Crippen LogP contribution in [-0.4, -0.2) is 51.7 Å². The molecule has 0 fully saturated rings. The molecule has 0 atom stereocenters. The summed E-state index contributed by atoms with van der Waals surface area (Å²) in [6.07, 6.45) is 2.72. The van der Waals surface area contributed by atoms with Crippen molar-refractivity contribution in [3.8, 4) is 0 Å². The maximum absolute atomic E-state index is 8.48. The third-order valence-corrected chi connectivity index (χ3v) is 1.74. The number of aliphatic hydroxyl groups excluding tert-OH is 1. The molecule has 2 N–H and O–H groups in total. The van der Waals surface area contributed by atoms with Crippen molar-refractivity contribution in [1.82, 2.24) is 5.32 Å². The van der Waals surface area contributed by atoms with E-state index in [2.05, 4.69) is 5.32 Å². The van der Waals surface area contributed by atoms with E-state index in [-0.39, 0.29) is 6.61 Å². The van der Waals surface area contributed by atoms with E-state index in [1.54, 1.807) is 0 Å². The normalized spacial score (nSPS) is 10.7. The van der Waals surface area contributed by atoms with Gasteiger partial charge in [-0.2, -0.15) is 0 Å². The maximum Gasteiger partial charge on any atom is 0.0488 e. The highest BCUT2D eigenvalue weighted by molar-refractivity contribution is 4.40. The molecule has 0 aliphatic carbocycles. The lowest BCUT2D eigenvalue weighted by Crippen LogP contribution is -2.11. The second-order valence-corrected chi connectivity index (χ2v) is 3.11.